The highest BCUT2D eigenvalue weighted by molar-refractivity contribution is 4.87. The van der Waals surface area contributed by atoms with E-state index in [1.165, 1.54) is 25.7 Å². The van der Waals surface area contributed by atoms with E-state index in [1.807, 2.05) is 0 Å². The maximum atomic E-state index is 2.47. The number of rotatable bonds is 8. The highest BCUT2D eigenvalue weighted by Crippen LogP contribution is 2.47. The Labute approximate surface area is 123 Å². The molecule has 116 valence electrons. The van der Waals surface area contributed by atoms with Gasteiger partial charge in [0.1, 0.15) is 0 Å². The molecule has 1 atom stereocenters. The molecule has 0 nitrogen and oxygen atoms in total. The molecule has 19 heavy (non-hydrogen) atoms. The topological polar surface area (TPSA) is 0 Å². The van der Waals surface area contributed by atoms with Crippen LogP contribution in [0, 0.1) is 28.1 Å². The summed E-state index contributed by atoms with van der Waals surface area (Å²) in [6.07, 6.45) is 5.31. The molecule has 0 spiro atoms. The van der Waals surface area contributed by atoms with Crippen molar-refractivity contribution < 1.29 is 0 Å². The smallest absolute Gasteiger partial charge is 0.0321 e. The summed E-state index contributed by atoms with van der Waals surface area (Å²) < 4.78 is 0. The largest absolute Gasteiger partial charge is 0.0654 e. The minimum atomic E-state index is 0.431. The molecule has 1 unspecified atom stereocenters. The Hall–Kier alpha value is 0. The Morgan fingerprint density at radius 2 is 1.21 bits per heavy atom. The van der Waals surface area contributed by atoms with Gasteiger partial charge in [-0.05, 0) is 47.3 Å². The minimum Gasteiger partial charge on any atom is -0.0654 e. The summed E-state index contributed by atoms with van der Waals surface area (Å²) in [5.41, 5.74) is 1.35. The first-order chi connectivity index (χ1) is 8.33. The molecular formula is C19H40. The fraction of sp³-hybridized carbons (Fsp3) is 1.00. The van der Waals surface area contributed by atoms with E-state index < -0.39 is 0 Å². The molecule has 0 aliphatic rings. The number of hydrogen-bond acceptors (Lipinski definition) is 0. The summed E-state index contributed by atoms with van der Waals surface area (Å²) in [5.74, 6) is 1.55. The number of hydrogen-bond donors (Lipinski definition) is 0. The lowest BCUT2D eigenvalue weighted by atomic mass is 9.62. The van der Waals surface area contributed by atoms with Crippen molar-refractivity contribution in [2.24, 2.45) is 28.1 Å². The van der Waals surface area contributed by atoms with Crippen molar-refractivity contribution in [1.29, 1.82) is 0 Å². The highest BCUT2D eigenvalue weighted by atomic mass is 14.4. The van der Waals surface area contributed by atoms with Gasteiger partial charge in [0.2, 0.25) is 0 Å². The first-order valence-corrected chi connectivity index (χ1v) is 8.33. The van der Waals surface area contributed by atoms with Gasteiger partial charge in [0.15, 0.2) is 0 Å². The lowest BCUT2D eigenvalue weighted by Crippen LogP contribution is -2.34. The van der Waals surface area contributed by atoms with Crippen LogP contribution in [0.15, 0.2) is 0 Å². The standard InChI is InChI=1S/C19H40/c1-11-12-17(5,6)13-18(7,8)14-19(9,10)16(4)15(2)3/h15-16H,11-14H2,1-10H3. The second kappa shape index (κ2) is 6.64. The van der Waals surface area contributed by atoms with Gasteiger partial charge in [-0.25, -0.2) is 0 Å². The Balaban J connectivity index is 4.76. The Kier molecular flexibility index (Phi) is 6.64. The van der Waals surface area contributed by atoms with Gasteiger partial charge >= 0.3 is 0 Å². The SMILES string of the molecule is CCCC(C)(C)CC(C)(C)CC(C)(C)C(C)C(C)C. The van der Waals surface area contributed by atoms with Gasteiger partial charge in [-0.1, -0.05) is 75.7 Å². The van der Waals surface area contributed by atoms with E-state index in [4.69, 9.17) is 0 Å². The van der Waals surface area contributed by atoms with E-state index in [2.05, 4.69) is 69.2 Å². The summed E-state index contributed by atoms with van der Waals surface area (Å²) in [5, 5.41) is 0. The molecule has 0 radical (unpaired) electrons. The third kappa shape index (κ3) is 6.82. The average Bonchev–Trinajstić information content (AvgIpc) is 2.11. The molecular weight excluding hydrogens is 228 g/mol. The fourth-order valence-corrected chi connectivity index (χ4v) is 4.42. The quantitative estimate of drug-likeness (QED) is 0.447. The second-order valence-corrected chi connectivity index (χ2v) is 9.45. The van der Waals surface area contributed by atoms with Crippen LogP contribution >= 0.6 is 0 Å². The predicted molar refractivity (Wildman–Crippen MR) is 89.5 cm³/mol. The van der Waals surface area contributed by atoms with Crippen molar-refractivity contribution in [3.05, 3.63) is 0 Å². The first-order valence-electron chi connectivity index (χ1n) is 8.33. The van der Waals surface area contributed by atoms with Crippen LogP contribution in [0.4, 0.5) is 0 Å². The zero-order valence-electron chi connectivity index (χ0n) is 15.5. The monoisotopic (exact) mass is 268 g/mol. The normalized spacial score (nSPS) is 15.9. The lowest BCUT2D eigenvalue weighted by Gasteiger charge is -2.44. The maximum Gasteiger partial charge on any atom is -0.0321 e. The molecule has 0 aliphatic heterocycles. The van der Waals surface area contributed by atoms with Gasteiger partial charge in [0, 0.05) is 0 Å². The molecule has 0 amide bonds. The predicted octanol–water partition coefficient (Wildman–Crippen LogP) is 6.94. The lowest BCUT2D eigenvalue weighted by molar-refractivity contribution is 0.0683. The van der Waals surface area contributed by atoms with E-state index in [9.17, 15) is 0 Å². The van der Waals surface area contributed by atoms with Crippen LogP contribution in [-0.2, 0) is 0 Å². The average molecular weight is 269 g/mol. The van der Waals surface area contributed by atoms with Gasteiger partial charge in [-0.15, -0.1) is 0 Å². The molecule has 0 aromatic carbocycles. The third-order valence-electron chi connectivity index (χ3n) is 5.05. The Morgan fingerprint density at radius 1 is 0.737 bits per heavy atom. The van der Waals surface area contributed by atoms with Gasteiger partial charge in [-0.3, -0.25) is 0 Å². The molecule has 0 fully saturated rings. The zero-order chi connectivity index (χ0) is 15.5. The van der Waals surface area contributed by atoms with E-state index in [-0.39, 0.29) is 0 Å². The van der Waals surface area contributed by atoms with E-state index >= 15 is 0 Å². The van der Waals surface area contributed by atoms with Crippen LogP contribution in [0.5, 0.6) is 0 Å². The van der Waals surface area contributed by atoms with Gasteiger partial charge < -0.3 is 0 Å². The van der Waals surface area contributed by atoms with Crippen molar-refractivity contribution in [2.45, 2.75) is 94.9 Å². The molecule has 0 aromatic rings. The van der Waals surface area contributed by atoms with Gasteiger partial charge in [0.25, 0.3) is 0 Å². The summed E-state index contributed by atoms with van der Waals surface area (Å²) >= 11 is 0. The summed E-state index contributed by atoms with van der Waals surface area (Å²) in [6.45, 7) is 24.2. The van der Waals surface area contributed by atoms with E-state index in [0.717, 1.165) is 11.8 Å². The van der Waals surface area contributed by atoms with Crippen LogP contribution in [-0.4, -0.2) is 0 Å². The summed E-state index contributed by atoms with van der Waals surface area (Å²) in [7, 11) is 0. The fourth-order valence-electron chi connectivity index (χ4n) is 4.42. The van der Waals surface area contributed by atoms with E-state index in [0.29, 0.717) is 16.2 Å². The first kappa shape index (κ1) is 19.0. The van der Waals surface area contributed by atoms with Crippen molar-refractivity contribution >= 4 is 0 Å². The molecule has 0 saturated carbocycles. The van der Waals surface area contributed by atoms with Crippen molar-refractivity contribution in [1.82, 2.24) is 0 Å². The van der Waals surface area contributed by atoms with Crippen LogP contribution in [0.3, 0.4) is 0 Å². The molecule has 0 heteroatoms. The third-order valence-corrected chi connectivity index (χ3v) is 5.05. The zero-order valence-corrected chi connectivity index (χ0v) is 15.5. The highest BCUT2D eigenvalue weighted by Gasteiger charge is 2.36. The maximum absolute atomic E-state index is 2.47. The molecule has 0 heterocycles. The summed E-state index contributed by atoms with van der Waals surface area (Å²) in [4.78, 5) is 0. The summed E-state index contributed by atoms with van der Waals surface area (Å²) in [6, 6.07) is 0. The molecule has 0 N–H and O–H groups in total. The molecule has 0 saturated heterocycles. The van der Waals surface area contributed by atoms with Crippen LogP contribution in [0.2, 0.25) is 0 Å². The molecule has 0 aromatic heterocycles. The Bertz CT molecular complexity index is 255. The second-order valence-electron chi connectivity index (χ2n) is 9.45. The van der Waals surface area contributed by atoms with Crippen LogP contribution in [0.25, 0.3) is 0 Å². The molecule has 0 aliphatic carbocycles. The molecule has 0 rings (SSSR count). The van der Waals surface area contributed by atoms with Crippen LogP contribution in [0.1, 0.15) is 94.9 Å². The Morgan fingerprint density at radius 3 is 1.58 bits per heavy atom. The van der Waals surface area contributed by atoms with Crippen molar-refractivity contribution in [3.8, 4) is 0 Å². The van der Waals surface area contributed by atoms with Crippen LogP contribution < -0.4 is 0 Å². The van der Waals surface area contributed by atoms with Gasteiger partial charge in [-0.2, -0.15) is 0 Å². The van der Waals surface area contributed by atoms with Gasteiger partial charge in [0.05, 0.1) is 0 Å². The molecule has 0 bridgehead atoms. The van der Waals surface area contributed by atoms with Crippen molar-refractivity contribution in [2.75, 3.05) is 0 Å². The van der Waals surface area contributed by atoms with E-state index in [1.54, 1.807) is 0 Å². The minimum absolute atomic E-state index is 0.431. The van der Waals surface area contributed by atoms with Crippen molar-refractivity contribution in [3.63, 3.8) is 0 Å².